The highest BCUT2D eigenvalue weighted by atomic mass is 16.2. The number of aromatic nitrogens is 1. The largest absolute Gasteiger partial charge is 0.370 e. The van der Waals surface area contributed by atoms with Gasteiger partial charge in [0, 0.05) is 86.9 Å². The van der Waals surface area contributed by atoms with E-state index in [1.807, 2.05) is 58.3 Å². The minimum absolute atomic E-state index is 0.0924. The molecule has 0 atom stereocenters. The van der Waals surface area contributed by atoms with Crippen molar-refractivity contribution >= 4 is 46.5 Å². The first-order valence-electron chi connectivity index (χ1n) is 13.7. The summed E-state index contributed by atoms with van der Waals surface area (Å²) in [6.07, 6.45) is 1.44. The molecule has 13 nitrogen and oxygen atoms in total. The summed E-state index contributed by atoms with van der Waals surface area (Å²) >= 11 is 0. The molecular formula is C29H35N11O2. The lowest BCUT2D eigenvalue weighted by molar-refractivity contribution is 0.102. The molecule has 5 rings (SSSR count). The zero-order valence-corrected chi connectivity index (χ0v) is 23.2. The standard InChI is InChI=1S/C29H35N11O2/c30-28(31)39-15-11-37(12-16-39)23-5-1-21(2-6-23)35-26(41)20-9-10-34-25(19-20)27(42)36-22-3-7-24(8-4-22)38-13-17-40(18-14-38)29(32)33/h1-10,19H,11-18H2,(H3,30,31)(H3,32,33)(H,35,41)(H,36,42). The van der Waals surface area contributed by atoms with Gasteiger partial charge in [-0.25, -0.2) is 0 Å². The van der Waals surface area contributed by atoms with E-state index < -0.39 is 5.91 Å². The number of hydrogen-bond acceptors (Lipinski definition) is 7. The molecule has 0 aliphatic carbocycles. The van der Waals surface area contributed by atoms with Crippen molar-refractivity contribution in [3.8, 4) is 0 Å². The van der Waals surface area contributed by atoms with Crippen LogP contribution in [0.5, 0.6) is 0 Å². The van der Waals surface area contributed by atoms with Gasteiger partial charge in [-0.05, 0) is 60.7 Å². The third-order valence-electron chi connectivity index (χ3n) is 7.48. The second-order valence-electron chi connectivity index (χ2n) is 10.2. The van der Waals surface area contributed by atoms with E-state index in [1.54, 1.807) is 6.07 Å². The van der Waals surface area contributed by atoms with E-state index in [0.29, 0.717) is 43.1 Å². The normalized spacial score (nSPS) is 15.2. The van der Waals surface area contributed by atoms with Crippen LogP contribution in [0.3, 0.4) is 0 Å². The fourth-order valence-corrected chi connectivity index (χ4v) is 5.02. The van der Waals surface area contributed by atoms with Gasteiger partial charge >= 0.3 is 0 Å². The number of amides is 2. The van der Waals surface area contributed by atoms with E-state index in [1.165, 1.54) is 12.3 Å². The number of nitrogens with two attached hydrogens (primary N) is 2. The molecule has 0 saturated carbocycles. The van der Waals surface area contributed by atoms with Gasteiger partial charge in [0.2, 0.25) is 0 Å². The highest BCUT2D eigenvalue weighted by molar-refractivity contribution is 6.08. The third-order valence-corrected chi connectivity index (χ3v) is 7.48. The molecular weight excluding hydrogens is 534 g/mol. The Morgan fingerprint density at radius 2 is 1.07 bits per heavy atom. The topological polar surface area (TPSA) is 184 Å². The zero-order valence-electron chi connectivity index (χ0n) is 23.2. The summed E-state index contributed by atoms with van der Waals surface area (Å²) in [4.78, 5) is 38.1. The summed E-state index contributed by atoms with van der Waals surface area (Å²) in [5.74, 6) is -0.573. The minimum Gasteiger partial charge on any atom is -0.370 e. The Balaban J connectivity index is 1.14. The van der Waals surface area contributed by atoms with E-state index in [-0.39, 0.29) is 23.5 Å². The Morgan fingerprint density at radius 1 is 0.643 bits per heavy atom. The molecule has 0 spiro atoms. The van der Waals surface area contributed by atoms with Crippen molar-refractivity contribution in [2.24, 2.45) is 11.5 Å². The first-order chi connectivity index (χ1) is 20.3. The quantitative estimate of drug-likeness (QED) is 0.190. The maximum atomic E-state index is 12.9. The number of nitrogens with one attached hydrogen (secondary N) is 4. The van der Waals surface area contributed by atoms with E-state index in [0.717, 1.165) is 37.6 Å². The van der Waals surface area contributed by atoms with E-state index >= 15 is 0 Å². The van der Waals surface area contributed by atoms with Crippen LogP contribution < -0.4 is 31.9 Å². The van der Waals surface area contributed by atoms with Crippen molar-refractivity contribution in [2.45, 2.75) is 0 Å². The molecule has 1 aromatic heterocycles. The van der Waals surface area contributed by atoms with Gasteiger partial charge in [-0.3, -0.25) is 25.4 Å². The van der Waals surface area contributed by atoms with Crippen LogP contribution in [-0.4, -0.2) is 90.9 Å². The van der Waals surface area contributed by atoms with Gasteiger partial charge < -0.3 is 41.7 Å². The maximum absolute atomic E-state index is 12.9. The second kappa shape index (κ2) is 12.5. The van der Waals surface area contributed by atoms with Gasteiger partial charge in [0.25, 0.3) is 11.8 Å². The molecule has 3 heterocycles. The number of guanidine groups is 2. The van der Waals surface area contributed by atoms with Gasteiger partial charge in [0.05, 0.1) is 0 Å². The van der Waals surface area contributed by atoms with Crippen LogP contribution in [-0.2, 0) is 0 Å². The summed E-state index contributed by atoms with van der Waals surface area (Å²) in [6.45, 7) is 5.80. The van der Waals surface area contributed by atoms with Crippen molar-refractivity contribution < 1.29 is 9.59 Å². The molecule has 3 aromatic rings. The number of pyridine rings is 1. The summed E-state index contributed by atoms with van der Waals surface area (Å²) in [5, 5.41) is 20.9. The van der Waals surface area contributed by atoms with Crippen molar-refractivity contribution in [3.05, 3.63) is 78.1 Å². The average Bonchev–Trinajstić information content (AvgIpc) is 3.02. The number of hydrogen-bond donors (Lipinski definition) is 6. The molecule has 8 N–H and O–H groups in total. The Bertz CT molecular complexity index is 1340. The van der Waals surface area contributed by atoms with Crippen LogP contribution in [0.15, 0.2) is 66.9 Å². The molecule has 2 aliphatic rings. The molecule has 0 unspecified atom stereocenters. The molecule has 2 saturated heterocycles. The van der Waals surface area contributed by atoms with Crippen molar-refractivity contribution in [1.29, 1.82) is 10.8 Å². The summed E-state index contributed by atoms with van der Waals surface area (Å²) < 4.78 is 0. The van der Waals surface area contributed by atoms with Crippen LogP contribution in [0, 0.1) is 10.8 Å². The van der Waals surface area contributed by atoms with Gasteiger partial charge in [-0.15, -0.1) is 0 Å². The second-order valence-corrected chi connectivity index (χ2v) is 10.2. The molecule has 0 radical (unpaired) electrons. The minimum atomic E-state index is -0.415. The van der Waals surface area contributed by atoms with E-state index in [9.17, 15) is 9.59 Å². The first kappa shape index (κ1) is 28.2. The Hall–Kier alpha value is -5.33. The molecule has 2 aromatic carbocycles. The fraction of sp³-hybridized carbons (Fsp3) is 0.276. The van der Waals surface area contributed by atoms with Crippen LogP contribution in [0.4, 0.5) is 22.7 Å². The molecule has 218 valence electrons. The summed E-state index contributed by atoms with van der Waals surface area (Å²) in [6, 6.07) is 18.1. The van der Waals surface area contributed by atoms with Crippen LogP contribution in [0.1, 0.15) is 20.8 Å². The van der Waals surface area contributed by atoms with Crippen molar-refractivity contribution in [2.75, 3.05) is 72.8 Å². The van der Waals surface area contributed by atoms with Crippen molar-refractivity contribution in [1.82, 2.24) is 14.8 Å². The molecule has 42 heavy (non-hydrogen) atoms. The SMILES string of the molecule is N=C(N)N1CCN(c2ccc(NC(=O)c3ccnc(C(=O)Nc4ccc(N5CCN(C(=N)N)CC5)cc4)c3)cc2)CC1. The lowest BCUT2D eigenvalue weighted by atomic mass is 10.2. The Kier molecular flexibility index (Phi) is 8.37. The van der Waals surface area contributed by atoms with Crippen LogP contribution in [0.25, 0.3) is 0 Å². The average molecular weight is 570 g/mol. The molecule has 2 fully saturated rings. The molecule has 13 heteroatoms. The van der Waals surface area contributed by atoms with Gasteiger partial charge in [-0.2, -0.15) is 0 Å². The zero-order chi connectivity index (χ0) is 29.6. The van der Waals surface area contributed by atoms with Gasteiger partial charge in [0.1, 0.15) is 5.69 Å². The molecule has 2 amide bonds. The monoisotopic (exact) mass is 569 g/mol. The lowest BCUT2D eigenvalue weighted by Crippen LogP contribution is -2.50. The highest BCUT2D eigenvalue weighted by Crippen LogP contribution is 2.22. The van der Waals surface area contributed by atoms with Gasteiger partial charge in [0.15, 0.2) is 11.9 Å². The summed E-state index contributed by atoms with van der Waals surface area (Å²) in [5.41, 5.74) is 14.9. The predicted molar refractivity (Wildman–Crippen MR) is 164 cm³/mol. The number of nitrogens with zero attached hydrogens (tertiary/aromatic N) is 5. The number of piperazine rings is 2. The molecule has 2 aliphatic heterocycles. The van der Waals surface area contributed by atoms with Crippen molar-refractivity contribution in [3.63, 3.8) is 0 Å². The number of anilines is 4. The number of benzene rings is 2. The third kappa shape index (κ3) is 6.69. The smallest absolute Gasteiger partial charge is 0.274 e. The maximum Gasteiger partial charge on any atom is 0.274 e. The van der Waals surface area contributed by atoms with Crippen LogP contribution in [0.2, 0.25) is 0 Å². The Labute approximate surface area is 244 Å². The predicted octanol–water partition coefficient (Wildman–Crippen LogP) is 1.62. The highest BCUT2D eigenvalue weighted by Gasteiger charge is 2.19. The number of carbonyl (C=O) groups excluding carboxylic acids is 2. The van der Waals surface area contributed by atoms with E-state index in [4.69, 9.17) is 22.3 Å². The Morgan fingerprint density at radius 3 is 1.50 bits per heavy atom. The lowest BCUT2D eigenvalue weighted by Gasteiger charge is -2.36. The first-order valence-corrected chi connectivity index (χ1v) is 13.7. The fourth-order valence-electron chi connectivity index (χ4n) is 5.02. The van der Waals surface area contributed by atoms with E-state index in [2.05, 4.69) is 25.4 Å². The molecule has 0 bridgehead atoms. The number of rotatable bonds is 6. The van der Waals surface area contributed by atoms with Crippen LogP contribution >= 0.6 is 0 Å². The number of carbonyl (C=O) groups is 2. The van der Waals surface area contributed by atoms with Gasteiger partial charge in [-0.1, -0.05) is 0 Å². The summed E-state index contributed by atoms with van der Waals surface area (Å²) in [7, 11) is 0.